The Balaban J connectivity index is 2.17. The van der Waals surface area contributed by atoms with E-state index in [0.29, 0.717) is 11.4 Å². The number of hydrogen-bond acceptors (Lipinski definition) is 3. The molecule has 1 aromatic heterocycles. The lowest BCUT2D eigenvalue weighted by Gasteiger charge is -2.06. The van der Waals surface area contributed by atoms with Gasteiger partial charge in [-0.15, -0.1) is 0 Å². The molecule has 4 nitrogen and oxygen atoms in total. The highest BCUT2D eigenvalue weighted by molar-refractivity contribution is 6.04. The highest BCUT2D eigenvalue weighted by Crippen LogP contribution is 2.12. The van der Waals surface area contributed by atoms with Crippen molar-refractivity contribution in [1.29, 1.82) is 0 Å². The summed E-state index contributed by atoms with van der Waals surface area (Å²) in [5.74, 6) is 4.52. The first kappa shape index (κ1) is 14.7. The second kappa shape index (κ2) is 6.64. The zero-order chi connectivity index (χ0) is 15.2. The van der Waals surface area contributed by atoms with Crippen LogP contribution in [0.4, 0.5) is 10.2 Å². The van der Waals surface area contributed by atoms with E-state index in [-0.39, 0.29) is 12.1 Å². The van der Waals surface area contributed by atoms with Gasteiger partial charge < -0.3 is 11.1 Å². The number of nitrogens with one attached hydrogen (secondary N) is 1. The van der Waals surface area contributed by atoms with E-state index >= 15 is 0 Å². The molecule has 0 unspecified atom stereocenters. The minimum Gasteiger partial charge on any atom is -0.320 e. The molecule has 21 heavy (non-hydrogen) atoms. The number of pyridine rings is 1. The fourth-order valence-electron chi connectivity index (χ4n) is 1.66. The van der Waals surface area contributed by atoms with Gasteiger partial charge in [0.1, 0.15) is 11.6 Å². The van der Waals surface area contributed by atoms with Crippen molar-refractivity contribution in [3.05, 3.63) is 59.0 Å². The Kier molecular flexibility index (Phi) is 4.64. The van der Waals surface area contributed by atoms with E-state index in [4.69, 9.17) is 5.73 Å². The molecule has 5 heteroatoms. The number of anilines is 1. The van der Waals surface area contributed by atoms with Gasteiger partial charge in [-0.3, -0.25) is 4.79 Å². The summed E-state index contributed by atoms with van der Waals surface area (Å²) in [6.07, 6.45) is 1.62. The lowest BCUT2D eigenvalue weighted by atomic mass is 10.1. The Morgan fingerprint density at radius 3 is 2.81 bits per heavy atom. The molecule has 106 valence electrons. The molecule has 0 saturated carbocycles. The number of aromatic nitrogens is 1. The standard InChI is InChI=1S/C16H14FN3O/c1-11-4-7-15(19-10-11)20-16(21)13-6-5-12(3-2-8-18)9-14(13)17/h4-7,9-10H,8,18H2,1H3,(H,19,20,21). The molecule has 2 aromatic rings. The monoisotopic (exact) mass is 283 g/mol. The number of amides is 1. The van der Waals surface area contributed by atoms with Crippen LogP contribution in [0.1, 0.15) is 21.5 Å². The van der Waals surface area contributed by atoms with Crippen molar-refractivity contribution in [2.75, 3.05) is 11.9 Å². The summed E-state index contributed by atoms with van der Waals surface area (Å²) >= 11 is 0. The number of aryl methyl sites for hydroxylation is 1. The van der Waals surface area contributed by atoms with Crippen molar-refractivity contribution in [1.82, 2.24) is 4.98 Å². The molecular formula is C16H14FN3O. The van der Waals surface area contributed by atoms with Crippen LogP contribution >= 0.6 is 0 Å². The van der Waals surface area contributed by atoms with Gasteiger partial charge in [0, 0.05) is 11.8 Å². The topological polar surface area (TPSA) is 68.0 Å². The molecule has 0 spiro atoms. The maximum absolute atomic E-state index is 13.9. The van der Waals surface area contributed by atoms with E-state index < -0.39 is 11.7 Å². The number of nitrogens with zero attached hydrogens (tertiary/aromatic N) is 1. The van der Waals surface area contributed by atoms with Crippen LogP contribution in [0, 0.1) is 24.6 Å². The number of carbonyl (C=O) groups is 1. The second-order valence-corrected chi connectivity index (χ2v) is 4.38. The minimum absolute atomic E-state index is 0.0596. The Morgan fingerprint density at radius 1 is 1.38 bits per heavy atom. The Morgan fingerprint density at radius 2 is 2.19 bits per heavy atom. The van der Waals surface area contributed by atoms with Crippen LogP contribution < -0.4 is 11.1 Å². The number of nitrogens with two attached hydrogens (primary N) is 1. The maximum Gasteiger partial charge on any atom is 0.259 e. The van der Waals surface area contributed by atoms with Crippen LogP contribution in [0.15, 0.2) is 36.5 Å². The summed E-state index contributed by atoms with van der Waals surface area (Å²) in [6.45, 7) is 2.09. The second-order valence-electron chi connectivity index (χ2n) is 4.38. The van der Waals surface area contributed by atoms with Crippen LogP contribution in [0.5, 0.6) is 0 Å². The highest BCUT2D eigenvalue weighted by Gasteiger charge is 2.12. The third kappa shape index (κ3) is 3.88. The van der Waals surface area contributed by atoms with E-state index in [9.17, 15) is 9.18 Å². The van der Waals surface area contributed by atoms with Crippen LogP contribution in [0.3, 0.4) is 0 Å². The summed E-state index contributed by atoms with van der Waals surface area (Å²) < 4.78 is 13.9. The van der Waals surface area contributed by atoms with Crippen molar-refractivity contribution in [3.63, 3.8) is 0 Å². The summed E-state index contributed by atoms with van der Waals surface area (Å²) in [5.41, 5.74) is 6.64. The molecular weight excluding hydrogens is 269 g/mol. The van der Waals surface area contributed by atoms with E-state index in [1.807, 2.05) is 13.0 Å². The Bertz CT molecular complexity index is 715. The Labute approximate surface area is 122 Å². The molecule has 2 rings (SSSR count). The van der Waals surface area contributed by atoms with Gasteiger partial charge in [-0.1, -0.05) is 17.9 Å². The minimum atomic E-state index is -0.636. The molecule has 0 saturated heterocycles. The molecule has 0 radical (unpaired) electrons. The first-order valence-corrected chi connectivity index (χ1v) is 6.32. The lowest BCUT2D eigenvalue weighted by molar-refractivity contribution is 0.102. The fourth-order valence-corrected chi connectivity index (χ4v) is 1.66. The van der Waals surface area contributed by atoms with Gasteiger partial charge in [-0.25, -0.2) is 9.37 Å². The molecule has 1 amide bonds. The third-order valence-electron chi connectivity index (χ3n) is 2.70. The number of carbonyl (C=O) groups excluding carboxylic acids is 1. The van der Waals surface area contributed by atoms with Gasteiger partial charge >= 0.3 is 0 Å². The average molecular weight is 283 g/mol. The van der Waals surface area contributed by atoms with Crippen molar-refractivity contribution in [2.45, 2.75) is 6.92 Å². The van der Waals surface area contributed by atoms with Gasteiger partial charge in [0.15, 0.2) is 0 Å². The van der Waals surface area contributed by atoms with Crippen LogP contribution in [0.25, 0.3) is 0 Å². The number of rotatable bonds is 2. The number of benzene rings is 1. The average Bonchev–Trinajstić information content (AvgIpc) is 2.47. The normalized spacial score (nSPS) is 9.67. The van der Waals surface area contributed by atoms with E-state index in [2.05, 4.69) is 22.1 Å². The summed E-state index contributed by atoms with van der Waals surface area (Å²) in [5, 5.41) is 2.54. The van der Waals surface area contributed by atoms with Gasteiger partial charge in [0.25, 0.3) is 5.91 Å². The van der Waals surface area contributed by atoms with Crippen molar-refractivity contribution < 1.29 is 9.18 Å². The molecule has 0 fully saturated rings. The first-order chi connectivity index (χ1) is 10.1. The maximum atomic E-state index is 13.9. The van der Waals surface area contributed by atoms with Gasteiger partial charge in [-0.2, -0.15) is 0 Å². The summed E-state index contributed by atoms with van der Waals surface area (Å²) in [6, 6.07) is 7.64. The number of hydrogen-bond donors (Lipinski definition) is 2. The van der Waals surface area contributed by atoms with Gasteiger partial charge in [0.2, 0.25) is 0 Å². The van der Waals surface area contributed by atoms with Crippen LogP contribution in [-0.4, -0.2) is 17.4 Å². The Hall–Kier alpha value is -2.71. The molecule has 0 bridgehead atoms. The van der Waals surface area contributed by atoms with Crippen molar-refractivity contribution in [3.8, 4) is 11.8 Å². The molecule has 1 heterocycles. The van der Waals surface area contributed by atoms with Crippen molar-refractivity contribution in [2.24, 2.45) is 5.73 Å². The van der Waals surface area contributed by atoms with Crippen molar-refractivity contribution >= 4 is 11.7 Å². The molecule has 3 N–H and O–H groups in total. The quantitative estimate of drug-likeness (QED) is 0.829. The van der Waals surface area contributed by atoms with Gasteiger partial charge in [0.05, 0.1) is 12.1 Å². The molecule has 0 atom stereocenters. The fraction of sp³-hybridized carbons (Fsp3) is 0.125. The van der Waals surface area contributed by atoms with Crippen LogP contribution in [-0.2, 0) is 0 Å². The smallest absolute Gasteiger partial charge is 0.259 e. The molecule has 0 aliphatic heterocycles. The zero-order valence-electron chi connectivity index (χ0n) is 11.5. The summed E-state index contributed by atoms with van der Waals surface area (Å²) in [4.78, 5) is 16.0. The third-order valence-corrected chi connectivity index (χ3v) is 2.70. The molecule has 0 aliphatic rings. The largest absolute Gasteiger partial charge is 0.320 e. The zero-order valence-corrected chi connectivity index (χ0v) is 11.5. The van der Waals surface area contributed by atoms with Gasteiger partial charge in [-0.05, 0) is 36.8 Å². The molecule has 1 aromatic carbocycles. The molecule has 0 aliphatic carbocycles. The lowest BCUT2D eigenvalue weighted by Crippen LogP contribution is -2.14. The van der Waals surface area contributed by atoms with E-state index in [1.165, 1.54) is 12.1 Å². The predicted molar refractivity (Wildman–Crippen MR) is 79.3 cm³/mol. The predicted octanol–water partition coefficient (Wildman–Crippen LogP) is 2.09. The highest BCUT2D eigenvalue weighted by atomic mass is 19.1. The van der Waals surface area contributed by atoms with Crippen LogP contribution in [0.2, 0.25) is 0 Å². The van der Waals surface area contributed by atoms with E-state index in [1.54, 1.807) is 18.3 Å². The SMILES string of the molecule is Cc1ccc(NC(=O)c2ccc(C#CCN)cc2F)nc1. The number of halogens is 1. The summed E-state index contributed by atoms with van der Waals surface area (Å²) in [7, 11) is 0. The first-order valence-electron chi connectivity index (χ1n) is 6.32. The van der Waals surface area contributed by atoms with E-state index in [0.717, 1.165) is 5.56 Å².